The van der Waals surface area contributed by atoms with E-state index < -0.39 is 30.3 Å². The van der Waals surface area contributed by atoms with Crippen molar-refractivity contribution in [2.45, 2.75) is 12.5 Å². The number of hydrogen-bond donors (Lipinski definition) is 2. The molecule has 0 bridgehead atoms. The van der Waals surface area contributed by atoms with Crippen molar-refractivity contribution in [3.05, 3.63) is 41.7 Å². The van der Waals surface area contributed by atoms with Crippen LogP contribution in [-0.4, -0.2) is 29.6 Å². The Labute approximate surface area is 120 Å². The van der Waals surface area contributed by atoms with Crippen LogP contribution >= 0.6 is 11.6 Å². The highest BCUT2D eigenvalue weighted by Gasteiger charge is 2.18. The fourth-order valence-electron chi connectivity index (χ4n) is 1.36. The summed E-state index contributed by atoms with van der Waals surface area (Å²) >= 11 is 5.71. The van der Waals surface area contributed by atoms with E-state index in [1.807, 2.05) is 0 Å². The molecule has 1 rings (SSSR count). The minimum atomic E-state index is -1.17. The number of amides is 1. The van der Waals surface area contributed by atoms with Gasteiger partial charge in [0, 0.05) is 0 Å². The number of carbonyl (C=O) groups excluding carboxylic acids is 1. The predicted molar refractivity (Wildman–Crippen MR) is 71.3 cm³/mol. The minimum absolute atomic E-state index is 0.0266. The van der Waals surface area contributed by atoms with Crippen molar-refractivity contribution in [3.63, 3.8) is 0 Å². The van der Waals surface area contributed by atoms with Gasteiger partial charge >= 0.3 is 5.97 Å². The topological polar surface area (TPSA) is 75.6 Å². The van der Waals surface area contributed by atoms with Gasteiger partial charge in [0.15, 0.2) is 6.61 Å². The summed E-state index contributed by atoms with van der Waals surface area (Å²) in [5.41, 5.74) is 0. The second kappa shape index (κ2) is 7.49. The first kappa shape index (κ1) is 16.0. The van der Waals surface area contributed by atoms with Crippen LogP contribution in [0.25, 0.3) is 0 Å². The third-order valence-corrected chi connectivity index (χ3v) is 2.58. The Morgan fingerprint density at radius 3 is 2.80 bits per heavy atom. The lowest BCUT2D eigenvalue weighted by Crippen LogP contribution is -2.42. The third kappa shape index (κ3) is 4.89. The Balaban J connectivity index is 2.54. The summed E-state index contributed by atoms with van der Waals surface area (Å²) in [6, 6.07) is 2.40. The molecule has 1 aromatic carbocycles. The van der Waals surface area contributed by atoms with E-state index >= 15 is 0 Å². The zero-order chi connectivity index (χ0) is 15.1. The first-order chi connectivity index (χ1) is 9.43. The van der Waals surface area contributed by atoms with Gasteiger partial charge in [0.05, 0.1) is 5.02 Å². The van der Waals surface area contributed by atoms with Crippen molar-refractivity contribution in [3.8, 4) is 5.75 Å². The van der Waals surface area contributed by atoms with Crippen LogP contribution in [0.3, 0.4) is 0 Å². The van der Waals surface area contributed by atoms with Crippen LogP contribution in [0.2, 0.25) is 5.02 Å². The lowest BCUT2D eigenvalue weighted by atomic mass is 10.2. The molecule has 0 fully saturated rings. The average Bonchev–Trinajstić information content (AvgIpc) is 2.37. The molecule has 7 heteroatoms. The summed E-state index contributed by atoms with van der Waals surface area (Å²) in [5, 5.41) is 11.1. The smallest absolute Gasteiger partial charge is 0.326 e. The van der Waals surface area contributed by atoms with E-state index in [-0.39, 0.29) is 17.2 Å². The monoisotopic (exact) mass is 301 g/mol. The van der Waals surface area contributed by atoms with Crippen LogP contribution in [0.1, 0.15) is 6.42 Å². The minimum Gasteiger partial charge on any atom is -0.482 e. The number of nitrogens with one attached hydrogen (secondary N) is 1. The maximum atomic E-state index is 12.8. The van der Waals surface area contributed by atoms with Crippen molar-refractivity contribution in [2.75, 3.05) is 6.61 Å². The quantitative estimate of drug-likeness (QED) is 0.755. The molecule has 0 aliphatic heterocycles. The van der Waals surface area contributed by atoms with E-state index in [1.54, 1.807) is 0 Å². The Kier molecular flexibility index (Phi) is 5.99. The molecule has 0 aliphatic carbocycles. The Morgan fingerprint density at radius 2 is 2.25 bits per heavy atom. The second-order valence-corrected chi connectivity index (χ2v) is 4.25. The molecule has 5 nitrogen and oxygen atoms in total. The molecule has 1 aromatic rings. The largest absolute Gasteiger partial charge is 0.482 e. The molecule has 0 saturated heterocycles. The van der Waals surface area contributed by atoms with E-state index in [2.05, 4.69) is 11.9 Å². The number of carbonyl (C=O) groups is 2. The molecule has 0 spiro atoms. The Hall–Kier alpha value is -2.08. The maximum Gasteiger partial charge on any atom is 0.326 e. The number of hydrogen-bond acceptors (Lipinski definition) is 3. The highest BCUT2D eigenvalue weighted by Crippen LogP contribution is 2.24. The number of aliphatic carboxylic acids is 1. The molecule has 0 radical (unpaired) electrons. The van der Waals surface area contributed by atoms with E-state index in [0.717, 1.165) is 12.1 Å². The number of benzene rings is 1. The van der Waals surface area contributed by atoms with Crippen molar-refractivity contribution >= 4 is 23.5 Å². The molecular formula is C13H13ClFNO4. The first-order valence-corrected chi connectivity index (χ1v) is 6.02. The molecule has 1 unspecified atom stereocenters. The average molecular weight is 302 g/mol. The number of rotatable bonds is 7. The van der Waals surface area contributed by atoms with Crippen molar-refractivity contribution in [1.29, 1.82) is 0 Å². The number of halogens is 2. The van der Waals surface area contributed by atoms with Gasteiger partial charge in [-0.2, -0.15) is 0 Å². The van der Waals surface area contributed by atoms with Crippen molar-refractivity contribution in [2.24, 2.45) is 0 Å². The highest BCUT2D eigenvalue weighted by atomic mass is 35.5. The molecule has 1 atom stereocenters. The number of carboxylic acids is 1. The lowest BCUT2D eigenvalue weighted by Gasteiger charge is -2.13. The van der Waals surface area contributed by atoms with E-state index in [1.165, 1.54) is 12.1 Å². The van der Waals surface area contributed by atoms with Gasteiger partial charge in [-0.15, -0.1) is 6.58 Å². The summed E-state index contributed by atoms with van der Waals surface area (Å²) in [4.78, 5) is 22.4. The zero-order valence-electron chi connectivity index (χ0n) is 10.4. The van der Waals surface area contributed by atoms with Gasteiger partial charge in [-0.05, 0) is 24.6 Å². The van der Waals surface area contributed by atoms with Crippen LogP contribution in [0.5, 0.6) is 5.75 Å². The molecule has 0 heterocycles. The molecule has 20 heavy (non-hydrogen) atoms. The lowest BCUT2D eigenvalue weighted by molar-refractivity contribution is -0.142. The fourth-order valence-corrected chi connectivity index (χ4v) is 1.58. The molecule has 0 aromatic heterocycles. The van der Waals surface area contributed by atoms with Gasteiger partial charge in [-0.3, -0.25) is 4.79 Å². The number of ether oxygens (including phenoxy) is 1. The maximum absolute atomic E-state index is 12.8. The molecular weight excluding hydrogens is 289 g/mol. The summed E-state index contributed by atoms with van der Waals surface area (Å²) < 4.78 is 17.9. The van der Waals surface area contributed by atoms with Gasteiger partial charge in [0.25, 0.3) is 5.91 Å². The van der Waals surface area contributed by atoms with E-state index in [0.29, 0.717) is 0 Å². The molecule has 0 aliphatic rings. The van der Waals surface area contributed by atoms with Crippen molar-refractivity contribution < 1.29 is 23.8 Å². The first-order valence-electron chi connectivity index (χ1n) is 5.65. The SMILES string of the molecule is C=CCC(NC(=O)COc1ccc(F)cc1Cl)C(=O)O. The van der Waals surface area contributed by atoms with Gasteiger partial charge in [0.1, 0.15) is 17.6 Å². The second-order valence-electron chi connectivity index (χ2n) is 3.85. The Morgan fingerprint density at radius 1 is 1.55 bits per heavy atom. The van der Waals surface area contributed by atoms with Gasteiger partial charge < -0.3 is 15.2 Å². The van der Waals surface area contributed by atoms with Crippen LogP contribution in [0.4, 0.5) is 4.39 Å². The molecule has 0 saturated carbocycles. The van der Waals surface area contributed by atoms with E-state index in [4.69, 9.17) is 21.4 Å². The number of carboxylic acid groups (broad SMARTS) is 1. The van der Waals surface area contributed by atoms with Crippen LogP contribution in [-0.2, 0) is 9.59 Å². The summed E-state index contributed by atoms with van der Waals surface area (Å²) in [6.45, 7) is 2.98. The van der Waals surface area contributed by atoms with E-state index in [9.17, 15) is 14.0 Å². The Bertz CT molecular complexity index is 521. The van der Waals surface area contributed by atoms with Gasteiger partial charge in [0.2, 0.25) is 0 Å². The summed E-state index contributed by atoms with van der Waals surface area (Å²) in [7, 11) is 0. The van der Waals surface area contributed by atoms with Gasteiger partial charge in [-0.1, -0.05) is 17.7 Å². The summed E-state index contributed by atoms with van der Waals surface area (Å²) in [6.07, 6.45) is 1.48. The molecule has 108 valence electrons. The molecule has 1 amide bonds. The zero-order valence-corrected chi connectivity index (χ0v) is 11.2. The van der Waals surface area contributed by atoms with Crippen LogP contribution < -0.4 is 10.1 Å². The van der Waals surface area contributed by atoms with Crippen LogP contribution in [0.15, 0.2) is 30.9 Å². The third-order valence-electron chi connectivity index (χ3n) is 2.29. The predicted octanol–water partition coefficient (Wildman–Crippen LogP) is 2.00. The standard InChI is InChI=1S/C13H13ClFNO4/c1-2-3-10(13(18)19)16-12(17)7-20-11-5-4-8(15)6-9(11)14/h2,4-6,10H,1,3,7H2,(H,16,17)(H,18,19). The van der Waals surface area contributed by atoms with Crippen molar-refractivity contribution in [1.82, 2.24) is 5.32 Å². The van der Waals surface area contributed by atoms with Crippen LogP contribution in [0, 0.1) is 5.82 Å². The highest BCUT2D eigenvalue weighted by molar-refractivity contribution is 6.32. The fraction of sp³-hybridized carbons (Fsp3) is 0.231. The molecule has 2 N–H and O–H groups in total. The van der Waals surface area contributed by atoms with Gasteiger partial charge in [-0.25, -0.2) is 9.18 Å². The normalized spacial score (nSPS) is 11.5. The summed E-state index contributed by atoms with van der Waals surface area (Å²) in [5.74, 6) is -2.18.